The highest BCUT2D eigenvalue weighted by Crippen LogP contribution is 2.23. The number of alkyl halides is 3. The molecule has 1 aromatic carbocycles. The lowest BCUT2D eigenvalue weighted by molar-refractivity contribution is -0.192. The van der Waals surface area contributed by atoms with Crippen LogP contribution >= 0.6 is 0 Å². The van der Waals surface area contributed by atoms with E-state index in [1.54, 1.807) is 0 Å². The van der Waals surface area contributed by atoms with Crippen molar-refractivity contribution in [2.24, 2.45) is 0 Å². The van der Waals surface area contributed by atoms with Crippen LogP contribution in [-0.4, -0.2) is 59.3 Å². The summed E-state index contributed by atoms with van der Waals surface area (Å²) in [4.78, 5) is 32.3. The van der Waals surface area contributed by atoms with Crippen LogP contribution in [0.1, 0.15) is 47.2 Å². The predicted molar refractivity (Wildman–Crippen MR) is 123 cm³/mol. The first-order valence-corrected chi connectivity index (χ1v) is 10.8. The van der Waals surface area contributed by atoms with Gasteiger partial charge in [-0.1, -0.05) is 17.7 Å². The highest BCUT2D eigenvalue weighted by atomic mass is 19.4. The van der Waals surface area contributed by atoms with Crippen molar-refractivity contribution in [2.75, 3.05) is 24.3 Å². The molecule has 3 rings (SSSR count). The zero-order valence-electron chi connectivity index (χ0n) is 19.6. The van der Waals surface area contributed by atoms with Gasteiger partial charge in [-0.3, -0.25) is 4.79 Å². The number of benzene rings is 1. The fraction of sp³-hybridized carbons (Fsp3) is 0.478. The maximum atomic E-state index is 12.4. The fourth-order valence-electron chi connectivity index (χ4n) is 3.49. The number of carbonyl (C=O) groups is 2. The highest BCUT2D eigenvalue weighted by molar-refractivity contribution is 5.94. The number of carbonyl (C=O) groups excluding carboxylic acids is 1. The van der Waals surface area contributed by atoms with Crippen LogP contribution in [0.25, 0.3) is 0 Å². The largest absolute Gasteiger partial charge is 0.490 e. The van der Waals surface area contributed by atoms with E-state index in [-0.39, 0.29) is 11.9 Å². The zero-order chi connectivity index (χ0) is 25.5. The van der Waals surface area contributed by atoms with Crippen LogP contribution in [0, 0.1) is 13.8 Å². The molecule has 1 aromatic heterocycles. The predicted octanol–water partition coefficient (Wildman–Crippen LogP) is 3.95. The number of hydrogen-bond acceptors (Lipinski definition) is 6. The van der Waals surface area contributed by atoms with Crippen molar-refractivity contribution in [3.8, 4) is 0 Å². The molecule has 1 heterocycles. The molecular formula is C23H30F3N5O3. The molecule has 3 N–H and O–H groups in total. The molecule has 8 nitrogen and oxygen atoms in total. The topological polar surface area (TPSA) is 107 Å². The van der Waals surface area contributed by atoms with Crippen LogP contribution in [0.15, 0.2) is 30.5 Å². The molecule has 0 spiro atoms. The summed E-state index contributed by atoms with van der Waals surface area (Å²) in [6.07, 6.45) is 0.683. The number of carboxylic acids is 1. The SMILES string of the molecule is Cc1ccc(C(=O)NC2CCC(Nc3ncc(C)c(N(C)C)n3)CC2)cc1.O=C(O)C(F)(F)F. The average Bonchev–Trinajstić information content (AvgIpc) is 2.76. The van der Waals surface area contributed by atoms with Gasteiger partial charge in [0.15, 0.2) is 0 Å². The van der Waals surface area contributed by atoms with Crippen molar-refractivity contribution < 1.29 is 27.9 Å². The summed E-state index contributed by atoms with van der Waals surface area (Å²) in [6.45, 7) is 4.04. The molecule has 1 aliphatic rings. The lowest BCUT2D eigenvalue weighted by Crippen LogP contribution is -2.40. The first kappa shape index (κ1) is 26.9. The Kier molecular flexibility index (Phi) is 9.22. The van der Waals surface area contributed by atoms with E-state index in [9.17, 15) is 18.0 Å². The van der Waals surface area contributed by atoms with Gasteiger partial charge in [-0.15, -0.1) is 0 Å². The van der Waals surface area contributed by atoms with E-state index in [0.717, 1.165) is 48.2 Å². The maximum Gasteiger partial charge on any atom is 0.490 e. The van der Waals surface area contributed by atoms with E-state index < -0.39 is 12.1 Å². The molecule has 1 aliphatic carbocycles. The third-order valence-corrected chi connectivity index (χ3v) is 5.32. The Morgan fingerprint density at radius 3 is 2.06 bits per heavy atom. The third kappa shape index (κ3) is 8.20. The molecule has 0 bridgehead atoms. The number of amides is 1. The highest BCUT2D eigenvalue weighted by Gasteiger charge is 2.38. The number of aryl methyl sites for hydroxylation is 2. The normalized spacial score (nSPS) is 17.7. The molecule has 11 heteroatoms. The summed E-state index contributed by atoms with van der Waals surface area (Å²) >= 11 is 0. The number of rotatable bonds is 5. The van der Waals surface area contributed by atoms with Gasteiger partial charge in [0.2, 0.25) is 5.95 Å². The number of aromatic nitrogens is 2. The number of anilines is 2. The summed E-state index contributed by atoms with van der Waals surface area (Å²) < 4.78 is 31.7. The van der Waals surface area contributed by atoms with Gasteiger partial charge >= 0.3 is 12.1 Å². The Labute approximate surface area is 196 Å². The van der Waals surface area contributed by atoms with E-state index in [1.165, 1.54) is 0 Å². The van der Waals surface area contributed by atoms with Crippen molar-refractivity contribution in [2.45, 2.75) is 57.8 Å². The van der Waals surface area contributed by atoms with Crippen molar-refractivity contribution in [3.63, 3.8) is 0 Å². The van der Waals surface area contributed by atoms with Crippen LogP contribution in [0.4, 0.5) is 24.9 Å². The first-order valence-electron chi connectivity index (χ1n) is 10.8. The van der Waals surface area contributed by atoms with Crippen LogP contribution in [0.2, 0.25) is 0 Å². The number of carboxylic acid groups (broad SMARTS) is 1. The molecule has 0 radical (unpaired) electrons. The van der Waals surface area contributed by atoms with E-state index in [1.807, 2.05) is 63.3 Å². The molecule has 0 atom stereocenters. The van der Waals surface area contributed by atoms with Crippen molar-refractivity contribution >= 4 is 23.6 Å². The summed E-state index contributed by atoms with van der Waals surface area (Å²) in [6, 6.07) is 8.28. The molecule has 2 aromatic rings. The second-order valence-electron chi connectivity index (χ2n) is 8.43. The van der Waals surface area contributed by atoms with Crippen LogP contribution < -0.4 is 15.5 Å². The standard InChI is InChI=1S/C21H29N5O.C2HF3O2/c1-14-5-7-16(8-6-14)20(27)23-17-9-11-18(12-10-17)24-21-22-13-15(2)19(25-21)26(3)4;3-2(4,5)1(6)7/h5-8,13,17-18H,9-12H2,1-4H3,(H,23,27)(H,22,24,25);(H,6,7). The lowest BCUT2D eigenvalue weighted by Gasteiger charge is -2.30. The van der Waals surface area contributed by atoms with E-state index in [4.69, 9.17) is 9.90 Å². The quantitative estimate of drug-likeness (QED) is 0.594. The molecule has 186 valence electrons. The third-order valence-electron chi connectivity index (χ3n) is 5.32. The average molecular weight is 482 g/mol. The molecule has 34 heavy (non-hydrogen) atoms. The number of halogens is 3. The Hall–Kier alpha value is -3.37. The minimum atomic E-state index is -5.08. The Bertz CT molecular complexity index is 973. The minimum absolute atomic E-state index is 0.0175. The van der Waals surface area contributed by atoms with Crippen molar-refractivity contribution in [1.29, 1.82) is 0 Å². The summed E-state index contributed by atoms with van der Waals surface area (Å²) in [7, 11) is 3.97. The van der Waals surface area contributed by atoms with Crippen LogP contribution in [0.3, 0.4) is 0 Å². The molecule has 0 aliphatic heterocycles. The molecule has 0 saturated heterocycles. The van der Waals surface area contributed by atoms with E-state index in [0.29, 0.717) is 12.0 Å². The number of nitrogens with zero attached hydrogens (tertiary/aromatic N) is 3. The lowest BCUT2D eigenvalue weighted by atomic mass is 9.91. The number of nitrogens with one attached hydrogen (secondary N) is 2. The smallest absolute Gasteiger partial charge is 0.475 e. The Morgan fingerprint density at radius 2 is 1.56 bits per heavy atom. The second kappa shape index (κ2) is 11.7. The fourth-order valence-corrected chi connectivity index (χ4v) is 3.49. The van der Waals surface area contributed by atoms with Crippen molar-refractivity contribution in [1.82, 2.24) is 15.3 Å². The van der Waals surface area contributed by atoms with E-state index >= 15 is 0 Å². The van der Waals surface area contributed by atoms with Gasteiger partial charge in [0.05, 0.1) is 0 Å². The first-order chi connectivity index (χ1) is 15.9. The molecule has 1 fully saturated rings. The van der Waals surface area contributed by atoms with Gasteiger partial charge in [-0.2, -0.15) is 18.2 Å². The summed E-state index contributed by atoms with van der Waals surface area (Å²) in [5, 5.41) is 13.7. The zero-order valence-corrected chi connectivity index (χ0v) is 19.6. The molecule has 1 amide bonds. The molecule has 0 unspecified atom stereocenters. The Balaban J connectivity index is 0.000000509. The van der Waals surface area contributed by atoms with Crippen molar-refractivity contribution in [3.05, 3.63) is 47.2 Å². The van der Waals surface area contributed by atoms with E-state index in [2.05, 4.69) is 20.6 Å². The number of aliphatic carboxylic acids is 1. The van der Waals surface area contributed by atoms with Gasteiger partial charge in [0, 0.05) is 43.5 Å². The van der Waals surface area contributed by atoms with Gasteiger partial charge in [-0.05, 0) is 51.7 Å². The van der Waals surface area contributed by atoms with Crippen LogP contribution in [-0.2, 0) is 4.79 Å². The van der Waals surface area contributed by atoms with Gasteiger partial charge in [-0.25, -0.2) is 9.78 Å². The number of hydrogen-bond donors (Lipinski definition) is 3. The summed E-state index contributed by atoms with van der Waals surface area (Å²) in [5.41, 5.74) is 2.95. The van der Waals surface area contributed by atoms with Gasteiger partial charge in [0.1, 0.15) is 5.82 Å². The maximum absolute atomic E-state index is 12.4. The molecular weight excluding hydrogens is 451 g/mol. The summed E-state index contributed by atoms with van der Waals surface area (Å²) in [5.74, 6) is -1.13. The second-order valence-corrected chi connectivity index (χ2v) is 8.43. The molecule has 1 saturated carbocycles. The monoisotopic (exact) mass is 481 g/mol. The van der Waals surface area contributed by atoms with Gasteiger partial charge in [0.25, 0.3) is 5.91 Å². The van der Waals surface area contributed by atoms with Gasteiger partial charge < -0.3 is 20.6 Å². The minimum Gasteiger partial charge on any atom is -0.475 e. The van der Waals surface area contributed by atoms with Crippen LogP contribution in [0.5, 0.6) is 0 Å². The Morgan fingerprint density at radius 1 is 1.03 bits per heavy atom.